The van der Waals surface area contributed by atoms with Crippen LogP contribution in [0.25, 0.3) is 5.57 Å². The standard InChI is InChI=1S/C27H33NO2/c1-26-14-12-23-22-11-9-21(29)16-19(22)6-10-24(23)25(26)13-15-27(26,30)17-18-4-7-20(8-5-18)28(2)3/h4-5,7-9,11-12,16,24-25,29-30H,6,10,13-15,17H2,1-3H3/t24-,25+,26+,27-/m1/s1. The lowest BCUT2D eigenvalue weighted by Gasteiger charge is -2.50. The molecular weight excluding hydrogens is 370 g/mol. The third-order valence-electron chi connectivity index (χ3n) is 8.46. The minimum Gasteiger partial charge on any atom is -0.508 e. The molecule has 3 aliphatic carbocycles. The lowest BCUT2D eigenvalue weighted by Crippen LogP contribution is -2.49. The van der Waals surface area contributed by atoms with E-state index in [-0.39, 0.29) is 5.41 Å². The van der Waals surface area contributed by atoms with Gasteiger partial charge in [0.2, 0.25) is 0 Å². The summed E-state index contributed by atoms with van der Waals surface area (Å²) in [7, 11) is 4.11. The molecule has 1 saturated carbocycles. The van der Waals surface area contributed by atoms with Gasteiger partial charge in [0.25, 0.3) is 0 Å². The molecule has 2 aromatic rings. The van der Waals surface area contributed by atoms with Crippen molar-refractivity contribution in [2.24, 2.45) is 17.3 Å². The van der Waals surface area contributed by atoms with Gasteiger partial charge in [0.05, 0.1) is 5.60 Å². The molecule has 0 amide bonds. The van der Waals surface area contributed by atoms with Crippen molar-refractivity contribution in [3.8, 4) is 5.75 Å². The zero-order valence-electron chi connectivity index (χ0n) is 18.4. The first-order chi connectivity index (χ1) is 14.3. The third kappa shape index (κ3) is 2.90. The predicted molar refractivity (Wildman–Crippen MR) is 123 cm³/mol. The van der Waals surface area contributed by atoms with E-state index < -0.39 is 5.60 Å². The summed E-state index contributed by atoms with van der Waals surface area (Å²) < 4.78 is 0. The van der Waals surface area contributed by atoms with Crippen LogP contribution in [0.2, 0.25) is 0 Å². The second kappa shape index (κ2) is 6.88. The Bertz CT molecular complexity index is 992. The molecule has 5 rings (SSSR count). The summed E-state index contributed by atoms with van der Waals surface area (Å²) in [5, 5.41) is 21.8. The van der Waals surface area contributed by atoms with Gasteiger partial charge < -0.3 is 15.1 Å². The zero-order chi connectivity index (χ0) is 21.1. The van der Waals surface area contributed by atoms with Crippen molar-refractivity contribution in [3.63, 3.8) is 0 Å². The summed E-state index contributed by atoms with van der Waals surface area (Å²) in [6.07, 6.45) is 8.17. The number of anilines is 1. The molecule has 0 saturated heterocycles. The van der Waals surface area contributed by atoms with E-state index in [2.05, 4.69) is 62.3 Å². The Hall–Kier alpha value is -2.26. The van der Waals surface area contributed by atoms with E-state index in [9.17, 15) is 10.2 Å². The van der Waals surface area contributed by atoms with Crippen molar-refractivity contribution in [2.75, 3.05) is 19.0 Å². The van der Waals surface area contributed by atoms with Crippen LogP contribution < -0.4 is 4.90 Å². The second-order valence-corrected chi connectivity index (χ2v) is 10.2. The lowest BCUT2D eigenvalue weighted by molar-refractivity contribution is -0.0756. The fourth-order valence-electron chi connectivity index (χ4n) is 6.61. The summed E-state index contributed by atoms with van der Waals surface area (Å²) in [4.78, 5) is 2.11. The number of phenols is 1. The topological polar surface area (TPSA) is 43.7 Å². The molecule has 0 heterocycles. The van der Waals surface area contributed by atoms with Crippen LogP contribution in [-0.4, -0.2) is 29.9 Å². The monoisotopic (exact) mass is 403 g/mol. The average Bonchev–Trinajstić information content (AvgIpc) is 2.98. The van der Waals surface area contributed by atoms with Gasteiger partial charge in [-0.2, -0.15) is 0 Å². The number of nitrogens with zero attached hydrogens (tertiary/aromatic N) is 1. The van der Waals surface area contributed by atoms with Crippen LogP contribution in [0.15, 0.2) is 48.5 Å². The first-order valence-electron chi connectivity index (χ1n) is 11.3. The summed E-state index contributed by atoms with van der Waals surface area (Å²) >= 11 is 0. The van der Waals surface area contributed by atoms with E-state index in [0.29, 0.717) is 17.6 Å². The smallest absolute Gasteiger partial charge is 0.115 e. The molecule has 0 aromatic heterocycles. The number of benzene rings is 2. The normalized spacial score (nSPS) is 32.1. The van der Waals surface area contributed by atoms with Gasteiger partial charge >= 0.3 is 0 Å². The van der Waals surface area contributed by atoms with E-state index in [0.717, 1.165) is 38.5 Å². The highest BCUT2D eigenvalue weighted by atomic mass is 16.3. The van der Waals surface area contributed by atoms with Gasteiger partial charge in [-0.15, -0.1) is 0 Å². The number of hydrogen-bond donors (Lipinski definition) is 2. The molecule has 0 bridgehead atoms. The first-order valence-corrected chi connectivity index (χ1v) is 11.3. The van der Waals surface area contributed by atoms with E-state index in [4.69, 9.17) is 0 Å². The van der Waals surface area contributed by atoms with Crippen molar-refractivity contribution in [1.29, 1.82) is 0 Å². The Kier molecular flexibility index (Phi) is 4.52. The number of hydrogen-bond acceptors (Lipinski definition) is 3. The quantitative estimate of drug-likeness (QED) is 0.740. The van der Waals surface area contributed by atoms with Crippen molar-refractivity contribution in [1.82, 2.24) is 0 Å². The molecule has 2 aromatic carbocycles. The minimum atomic E-state index is -0.658. The summed E-state index contributed by atoms with van der Waals surface area (Å²) in [6, 6.07) is 14.5. The van der Waals surface area contributed by atoms with Gasteiger partial charge in [-0.25, -0.2) is 0 Å². The summed E-state index contributed by atoms with van der Waals surface area (Å²) in [5.74, 6) is 1.40. The minimum absolute atomic E-state index is 0.0875. The Morgan fingerprint density at radius 3 is 2.57 bits per heavy atom. The van der Waals surface area contributed by atoms with Crippen LogP contribution in [-0.2, 0) is 12.8 Å². The van der Waals surface area contributed by atoms with Crippen LogP contribution in [0, 0.1) is 17.3 Å². The number of rotatable bonds is 3. The molecule has 1 fully saturated rings. The maximum Gasteiger partial charge on any atom is 0.115 e. The molecule has 3 aliphatic rings. The Morgan fingerprint density at radius 2 is 1.83 bits per heavy atom. The van der Waals surface area contributed by atoms with Crippen LogP contribution in [0.3, 0.4) is 0 Å². The van der Waals surface area contributed by atoms with Crippen molar-refractivity contribution < 1.29 is 10.2 Å². The van der Waals surface area contributed by atoms with Gasteiger partial charge in [0.15, 0.2) is 0 Å². The highest BCUT2D eigenvalue weighted by Gasteiger charge is 2.59. The maximum atomic E-state index is 11.9. The van der Waals surface area contributed by atoms with Crippen LogP contribution >= 0.6 is 0 Å². The number of fused-ring (bicyclic) bond motifs is 5. The summed E-state index contributed by atoms with van der Waals surface area (Å²) in [5.41, 5.74) is 5.72. The molecule has 3 nitrogen and oxygen atoms in total. The average molecular weight is 404 g/mol. The Labute approximate surface area is 180 Å². The SMILES string of the molecule is CN(C)c1ccc(C[C@]2(O)CC[C@H]3[C@@H]4CCc5cc(O)ccc5C4=CC[C@@]32C)cc1. The van der Waals surface area contributed by atoms with Gasteiger partial charge in [0.1, 0.15) is 5.75 Å². The fourth-order valence-corrected chi connectivity index (χ4v) is 6.61. The molecule has 2 N–H and O–H groups in total. The maximum absolute atomic E-state index is 11.9. The number of aliphatic hydroxyl groups is 1. The Balaban J connectivity index is 1.45. The molecule has 158 valence electrons. The van der Waals surface area contributed by atoms with E-state index in [1.807, 2.05) is 12.1 Å². The second-order valence-electron chi connectivity index (χ2n) is 10.2. The third-order valence-corrected chi connectivity index (χ3v) is 8.46. The van der Waals surface area contributed by atoms with Crippen LogP contribution in [0.1, 0.15) is 49.3 Å². The zero-order valence-corrected chi connectivity index (χ0v) is 18.4. The predicted octanol–water partition coefficient (Wildman–Crippen LogP) is 5.20. The molecule has 4 atom stereocenters. The highest BCUT2D eigenvalue weighted by molar-refractivity contribution is 5.74. The summed E-state index contributed by atoms with van der Waals surface area (Å²) in [6.45, 7) is 2.33. The highest BCUT2D eigenvalue weighted by Crippen LogP contribution is 2.62. The van der Waals surface area contributed by atoms with Gasteiger partial charge in [-0.1, -0.05) is 31.2 Å². The van der Waals surface area contributed by atoms with E-state index in [1.54, 1.807) is 0 Å². The largest absolute Gasteiger partial charge is 0.508 e. The molecule has 3 heteroatoms. The molecule has 0 spiro atoms. The van der Waals surface area contributed by atoms with E-state index >= 15 is 0 Å². The van der Waals surface area contributed by atoms with Gasteiger partial charge in [-0.3, -0.25) is 0 Å². The fraction of sp³-hybridized carbons (Fsp3) is 0.481. The van der Waals surface area contributed by atoms with Gasteiger partial charge in [0, 0.05) is 31.6 Å². The molecular formula is C27H33NO2. The van der Waals surface area contributed by atoms with Crippen molar-refractivity contribution in [2.45, 2.75) is 51.0 Å². The van der Waals surface area contributed by atoms with Crippen LogP contribution in [0.4, 0.5) is 5.69 Å². The first kappa shape index (κ1) is 19.7. The number of phenolic OH excluding ortho intramolecular Hbond substituents is 1. The molecule has 0 unspecified atom stereocenters. The number of allylic oxidation sites excluding steroid dienone is 2. The van der Waals surface area contributed by atoms with Gasteiger partial charge in [-0.05, 0) is 90.5 Å². The molecule has 0 aliphatic heterocycles. The van der Waals surface area contributed by atoms with E-state index in [1.165, 1.54) is 28.0 Å². The number of aromatic hydroxyl groups is 1. The van der Waals surface area contributed by atoms with Crippen LogP contribution in [0.5, 0.6) is 5.75 Å². The van der Waals surface area contributed by atoms with Crippen molar-refractivity contribution in [3.05, 3.63) is 65.2 Å². The Morgan fingerprint density at radius 1 is 1.07 bits per heavy atom. The molecule has 0 radical (unpaired) electrons. The number of aryl methyl sites for hydroxylation is 1. The van der Waals surface area contributed by atoms with Crippen molar-refractivity contribution >= 4 is 11.3 Å². The molecule has 30 heavy (non-hydrogen) atoms. The lowest BCUT2D eigenvalue weighted by atomic mass is 9.56.